The predicted octanol–water partition coefficient (Wildman–Crippen LogP) is 4.21. The maximum Gasteiger partial charge on any atom is 0.127 e. The molecule has 0 heterocycles. The van der Waals surface area contributed by atoms with E-state index in [1.54, 1.807) is 12.1 Å². The highest BCUT2D eigenvalue weighted by Crippen LogP contribution is 2.40. The van der Waals surface area contributed by atoms with Crippen LogP contribution < -0.4 is 0 Å². The topological polar surface area (TPSA) is 20.2 Å². The van der Waals surface area contributed by atoms with Crippen LogP contribution in [-0.4, -0.2) is 10.7 Å². The highest BCUT2D eigenvalue weighted by Gasteiger charge is 2.40. The van der Waals surface area contributed by atoms with Crippen LogP contribution in [0.1, 0.15) is 38.7 Å². The Labute approximate surface area is 113 Å². The summed E-state index contributed by atoms with van der Waals surface area (Å²) in [5.41, 5.74) is -0.227. The van der Waals surface area contributed by atoms with Gasteiger partial charge in [-0.2, -0.15) is 0 Å². The molecule has 1 aliphatic carbocycles. The molecule has 1 saturated carbocycles. The first kappa shape index (κ1) is 13.8. The third-order valence-corrected chi connectivity index (χ3v) is 4.72. The number of benzene rings is 1. The van der Waals surface area contributed by atoms with Crippen LogP contribution in [0.5, 0.6) is 0 Å². The van der Waals surface area contributed by atoms with Crippen molar-refractivity contribution in [2.75, 3.05) is 0 Å². The third kappa shape index (κ3) is 2.70. The van der Waals surface area contributed by atoms with Crippen LogP contribution in [0.3, 0.4) is 0 Å². The van der Waals surface area contributed by atoms with Crippen LogP contribution in [0, 0.1) is 17.7 Å². The monoisotopic (exact) mass is 270 g/mol. The van der Waals surface area contributed by atoms with Crippen LogP contribution in [-0.2, 0) is 6.42 Å². The summed E-state index contributed by atoms with van der Waals surface area (Å²) >= 11 is 5.74. The largest absolute Gasteiger partial charge is 0.389 e. The molecule has 1 nitrogen and oxygen atoms in total. The number of rotatable bonds is 2. The first-order chi connectivity index (χ1) is 8.42. The van der Waals surface area contributed by atoms with Crippen LogP contribution in [0.2, 0.25) is 5.02 Å². The zero-order valence-electron chi connectivity index (χ0n) is 10.9. The van der Waals surface area contributed by atoms with Gasteiger partial charge in [0, 0.05) is 11.4 Å². The lowest BCUT2D eigenvalue weighted by Gasteiger charge is -2.42. The van der Waals surface area contributed by atoms with Gasteiger partial charge in [0.25, 0.3) is 0 Å². The lowest BCUT2D eigenvalue weighted by molar-refractivity contribution is -0.0625. The molecule has 1 N–H and O–H groups in total. The van der Waals surface area contributed by atoms with E-state index in [1.165, 1.54) is 6.07 Å². The lowest BCUT2D eigenvalue weighted by atomic mass is 9.68. The lowest BCUT2D eigenvalue weighted by Crippen LogP contribution is -2.45. The minimum Gasteiger partial charge on any atom is -0.389 e. The second kappa shape index (κ2) is 5.18. The maximum absolute atomic E-state index is 13.8. The standard InChI is InChI=1S/C15H20ClFO/c1-10-4-3-7-15(18,11(10)2)9-12-5-6-13(16)8-14(12)17/h5-6,8,10-11,18H,3-4,7,9H2,1-2H3. The second-order valence-electron chi connectivity index (χ2n) is 5.67. The van der Waals surface area contributed by atoms with Gasteiger partial charge < -0.3 is 5.11 Å². The molecule has 1 fully saturated rings. The molecule has 1 aliphatic rings. The molecule has 0 radical (unpaired) electrons. The predicted molar refractivity (Wildman–Crippen MR) is 72.2 cm³/mol. The van der Waals surface area contributed by atoms with E-state index >= 15 is 0 Å². The molecule has 18 heavy (non-hydrogen) atoms. The molecule has 0 aromatic heterocycles. The van der Waals surface area contributed by atoms with Gasteiger partial charge in [0.15, 0.2) is 0 Å². The molecule has 1 aromatic rings. The summed E-state index contributed by atoms with van der Waals surface area (Å²) in [5, 5.41) is 11.2. The van der Waals surface area contributed by atoms with Crippen molar-refractivity contribution in [3.63, 3.8) is 0 Å². The van der Waals surface area contributed by atoms with E-state index in [4.69, 9.17) is 11.6 Å². The Bertz CT molecular complexity index is 435. The van der Waals surface area contributed by atoms with E-state index in [9.17, 15) is 9.50 Å². The van der Waals surface area contributed by atoms with E-state index in [2.05, 4.69) is 13.8 Å². The molecular weight excluding hydrogens is 251 g/mol. The normalized spacial score (nSPS) is 32.5. The van der Waals surface area contributed by atoms with Gasteiger partial charge in [-0.1, -0.05) is 44.4 Å². The molecule has 1 aromatic carbocycles. The van der Waals surface area contributed by atoms with Gasteiger partial charge in [0.2, 0.25) is 0 Å². The van der Waals surface area contributed by atoms with Gasteiger partial charge in [-0.05, 0) is 36.0 Å². The van der Waals surface area contributed by atoms with E-state index in [1.807, 2.05) is 0 Å². The number of hydrogen-bond acceptors (Lipinski definition) is 1. The van der Waals surface area contributed by atoms with Gasteiger partial charge in [-0.3, -0.25) is 0 Å². The molecule has 100 valence electrons. The summed E-state index contributed by atoms with van der Waals surface area (Å²) in [6, 6.07) is 4.68. The summed E-state index contributed by atoms with van der Waals surface area (Å²) in [7, 11) is 0. The fourth-order valence-corrected chi connectivity index (χ4v) is 3.14. The maximum atomic E-state index is 13.8. The Kier molecular flexibility index (Phi) is 3.98. The second-order valence-corrected chi connectivity index (χ2v) is 6.11. The minimum absolute atomic E-state index is 0.196. The van der Waals surface area contributed by atoms with E-state index in [0.29, 0.717) is 22.9 Å². The molecule has 2 rings (SSSR count). The quantitative estimate of drug-likeness (QED) is 0.854. The summed E-state index contributed by atoms with van der Waals surface area (Å²) in [5.74, 6) is 0.363. The minimum atomic E-state index is -0.785. The Morgan fingerprint density at radius 3 is 2.83 bits per heavy atom. The fraction of sp³-hybridized carbons (Fsp3) is 0.600. The van der Waals surface area contributed by atoms with Crippen LogP contribution in [0.15, 0.2) is 18.2 Å². The van der Waals surface area contributed by atoms with Crippen molar-refractivity contribution >= 4 is 11.6 Å². The molecule has 0 amide bonds. The summed E-state index contributed by atoms with van der Waals surface area (Å²) in [4.78, 5) is 0. The van der Waals surface area contributed by atoms with Crippen LogP contribution in [0.4, 0.5) is 4.39 Å². The van der Waals surface area contributed by atoms with Crippen molar-refractivity contribution in [1.29, 1.82) is 0 Å². The molecule has 0 bridgehead atoms. The molecule has 0 saturated heterocycles. The molecule has 0 spiro atoms. The molecule has 0 aliphatic heterocycles. The average Bonchev–Trinajstić information content (AvgIpc) is 2.30. The molecular formula is C15H20ClFO. The summed E-state index contributed by atoms with van der Waals surface area (Å²) in [6.45, 7) is 4.23. The molecule has 3 unspecified atom stereocenters. The first-order valence-electron chi connectivity index (χ1n) is 6.59. The smallest absolute Gasteiger partial charge is 0.127 e. The SMILES string of the molecule is CC1CCCC(O)(Cc2ccc(Cl)cc2F)C1C. The summed E-state index contributed by atoms with van der Waals surface area (Å²) < 4.78 is 13.8. The van der Waals surface area contributed by atoms with E-state index in [-0.39, 0.29) is 11.7 Å². The van der Waals surface area contributed by atoms with Gasteiger partial charge in [-0.15, -0.1) is 0 Å². The zero-order valence-corrected chi connectivity index (χ0v) is 11.7. The fourth-order valence-electron chi connectivity index (χ4n) is 2.98. The highest BCUT2D eigenvalue weighted by molar-refractivity contribution is 6.30. The zero-order chi connectivity index (χ0) is 13.3. The van der Waals surface area contributed by atoms with Crippen molar-refractivity contribution in [2.24, 2.45) is 11.8 Å². The van der Waals surface area contributed by atoms with Crippen LogP contribution >= 0.6 is 11.6 Å². The van der Waals surface area contributed by atoms with Gasteiger partial charge in [0.1, 0.15) is 5.82 Å². The Morgan fingerprint density at radius 1 is 1.44 bits per heavy atom. The Morgan fingerprint density at radius 2 is 2.17 bits per heavy atom. The number of aliphatic hydroxyl groups is 1. The van der Waals surface area contributed by atoms with Gasteiger partial charge >= 0.3 is 0 Å². The van der Waals surface area contributed by atoms with Gasteiger partial charge in [-0.25, -0.2) is 4.39 Å². The van der Waals surface area contributed by atoms with E-state index in [0.717, 1.165) is 19.3 Å². The number of halogens is 2. The van der Waals surface area contributed by atoms with Crippen molar-refractivity contribution in [2.45, 2.75) is 45.1 Å². The van der Waals surface area contributed by atoms with Crippen molar-refractivity contribution in [3.8, 4) is 0 Å². The Balaban J connectivity index is 2.21. The molecule has 3 heteroatoms. The molecule has 3 atom stereocenters. The van der Waals surface area contributed by atoms with Crippen molar-refractivity contribution < 1.29 is 9.50 Å². The summed E-state index contributed by atoms with van der Waals surface area (Å²) in [6.07, 6.45) is 3.28. The van der Waals surface area contributed by atoms with Crippen molar-refractivity contribution in [1.82, 2.24) is 0 Å². The van der Waals surface area contributed by atoms with Gasteiger partial charge in [0.05, 0.1) is 5.60 Å². The first-order valence-corrected chi connectivity index (χ1v) is 6.96. The highest BCUT2D eigenvalue weighted by atomic mass is 35.5. The van der Waals surface area contributed by atoms with Crippen molar-refractivity contribution in [3.05, 3.63) is 34.6 Å². The Hall–Kier alpha value is -0.600. The number of hydrogen-bond donors (Lipinski definition) is 1. The van der Waals surface area contributed by atoms with E-state index < -0.39 is 5.60 Å². The van der Waals surface area contributed by atoms with Crippen LogP contribution in [0.25, 0.3) is 0 Å². The average molecular weight is 271 g/mol. The third-order valence-electron chi connectivity index (χ3n) is 4.48.